The minimum atomic E-state index is -4.40. The van der Waals surface area contributed by atoms with E-state index in [4.69, 9.17) is 0 Å². The number of amides is 2. The van der Waals surface area contributed by atoms with Crippen molar-refractivity contribution in [3.63, 3.8) is 0 Å². The number of carbonyl (C=O) groups is 2. The van der Waals surface area contributed by atoms with E-state index in [1.54, 1.807) is 6.92 Å². The first-order valence-corrected chi connectivity index (χ1v) is 9.72. The number of unbranched alkanes of at least 4 members (excludes halogenated alkanes) is 1. The highest BCUT2D eigenvalue weighted by Crippen LogP contribution is 2.30. The third-order valence-corrected chi connectivity index (χ3v) is 5.14. The highest BCUT2D eigenvalue weighted by molar-refractivity contribution is 5.94. The first-order valence-electron chi connectivity index (χ1n) is 9.72. The van der Waals surface area contributed by atoms with Crippen molar-refractivity contribution in [1.82, 2.24) is 10.2 Å². The van der Waals surface area contributed by atoms with Crippen LogP contribution in [0.5, 0.6) is 0 Å². The average molecular weight is 399 g/mol. The summed E-state index contributed by atoms with van der Waals surface area (Å²) in [5, 5.41) is 5.61. The van der Waals surface area contributed by atoms with Crippen molar-refractivity contribution in [3.8, 4) is 0 Å². The van der Waals surface area contributed by atoms with Crippen LogP contribution >= 0.6 is 0 Å². The molecule has 8 heteroatoms. The Kier molecular flexibility index (Phi) is 7.86. The van der Waals surface area contributed by atoms with Crippen LogP contribution in [0, 0.1) is 5.92 Å². The van der Waals surface area contributed by atoms with Gasteiger partial charge in [0, 0.05) is 18.2 Å². The number of benzene rings is 1. The SMILES string of the molecule is CCCCNC(=O)C1CCN(C(C)C(=O)Nc2ccc(C(F)(F)F)cc2)CC1. The molecule has 1 aliphatic rings. The van der Waals surface area contributed by atoms with E-state index in [9.17, 15) is 22.8 Å². The molecule has 1 aromatic rings. The zero-order chi connectivity index (χ0) is 20.7. The molecule has 1 fully saturated rings. The summed E-state index contributed by atoms with van der Waals surface area (Å²) in [5.74, 6) is -0.223. The van der Waals surface area contributed by atoms with Crippen molar-refractivity contribution in [2.45, 2.75) is 51.7 Å². The van der Waals surface area contributed by atoms with Crippen LogP contribution in [-0.2, 0) is 15.8 Å². The van der Waals surface area contributed by atoms with E-state index in [2.05, 4.69) is 17.6 Å². The zero-order valence-corrected chi connectivity index (χ0v) is 16.3. The first kappa shape index (κ1) is 22.2. The number of anilines is 1. The summed E-state index contributed by atoms with van der Waals surface area (Å²) in [7, 11) is 0. The molecule has 2 rings (SSSR count). The van der Waals surface area contributed by atoms with E-state index < -0.39 is 17.8 Å². The van der Waals surface area contributed by atoms with Crippen LogP contribution in [0.2, 0.25) is 0 Å². The number of carbonyl (C=O) groups excluding carboxylic acids is 2. The fraction of sp³-hybridized carbons (Fsp3) is 0.600. The summed E-state index contributed by atoms with van der Waals surface area (Å²) in [5.41, 5.74) is -0.423. The molecule has 1 aliphatic heterocycles. The van der Waals surface area contributed by atoms with Gasteiger partial charge in [-0.25, -0.2) is 0 Å². The van der Waals surface area contributed by atoms with Crippen LogP contribution in [0.15, 0.2) is 24.3 Å². The molecule has 0 radical (unpaired) electrons. The Bertz CT molecular complexity index is 654. The number of alkyl halides is 3. The number of likely N-dealkylation sites (tertiary alicyclic amines) is 1. The van der Waals surface area contributed by atoms with E-state index in [1.807, 2.05) is 4.90 Å². The molecular weight excluding hydrogens is 371 g/mol. The Morgan fingerprint density at radius 3 is 2.32 bits per heavy atom. The first-order chi connectivity index (χ1) is 13.2. The number of hydrogen-bond donors (Lipinski definition) is 2. The predicted octanol–water partition coefficient (Wildman–Crippen LogP) is 3.66. The highest BCUT2D eigenvalue weighted by Gasteiger charge is 2.31. The van der Waals surface area contributed by atoms with Crippen LogP contribution in [-0.4, -0.2) is 42.4 Å². The van der Waals surface area contributed by atoms with Gasteiger partial charge in [0.1, 0.15) is 0 Å². The largest absolute Gasteiger partial charge is 0.416 e. The van der Waals surface area contributed by atoms with Gasteiger partial charge in [-0.05, 0) is 63.5 Å². The van der Waals surface area contributed by atoms with Gasteiger partial charge in [0.2, 0.25) is 11.8 Å². The van der Waals surface area contributed by atoms with Gasteiger partial charge >= 0.3 is 6.18 Å². The molecule has 1 heterocycles. The fourth-order valence-electron chi connectivity index (χ4n) is 3.24. The minimum Gasteiger partial charge on any atom is -0.356 e. The second-order valence-electron chi connectivity index (χ2n) is 7.20. The number of nitrogens with one attached hydrogen (secondary N) is 2. The Morgan fingerprint density at radius 2 is 1.79 bits per heavy atom. The normalized spacial score (nSPS) is 17.2. The lowest BCUT2D eigenvalue weighted by Gasteiger charge is -2.34. The Hall–Kier alpha value is -2.09. The Labute approximate surface area is 163 Å². The van der Waals surface area contributed by atoms with Crippen LogP contribution in [0.25, 0.3) is 0 Å². The molecular formula is C20H28F3N3O2. The molecule has 156 valence electrons. The van der Waals surface area contributed by atoms with Crippen LogP contribution in [0.3, 0.4) is 0 Å². The predicted molar refractivity (Wildman–Crippen MR) is 102 cm³/mol. The second kappa shape index (κ2) is 9.91. The molecule has 0 saturated carbocycles. The smallest absolute Gasteiger partial charge is 0.356 e. The maximum Gasteiger partial charge on any atom is 0.416 e. The van der Waals surface area contributed by atoms with Crippen LogP contribution in [0.1, 0.15) is 45.1 Å². The van der Waals surface area contributed by atoms with Gasteiger partial charge in [-0.15, -0.1) is 0 Å². The molecule has 0 spiro atoms. The molecule has 2 N–H and O–H groups in total. The summed E-state index contributed by atoms with van der Waals surface area (Å²) in [6, 6.07) is 3.97. The fourth-order valence-corrected chi connectivity index (χ4v) is 3.24. The average Bonchev–Trinajstić information content (AvgIpc) is 2.67. The number of rotatable bonds is 7. The van der Waals surface area contributed by atoms with Crippen molar-refractivity contribution in [2.75, 3.05) is 25.0 Å². The molecule has 0 aliphatic carbocycles. The van der Waals surface area contributed by atoms with Gasteiger partial charge in [0.25, 0.3) is 0 Å². The van der Waals surface area contributed by atoms with Crippen molar-refractivity contribution >= 4 is 17.5 Å². The molecule has 5 nitrogen and oxygen atoms in total. The maximum atomic E-state index is 12.6. The third-order valence-electron chi connectivity index (χ3n) is 5.14. The van der Waals surface area contributed by atoms with Gasteiger partial charge in [0.05, 0.1) is 11.6 Å². The quantitative estimate of drug-likeness (QED) is 0.688. The maximum absolute atomic E-state index is 12.6. The second-order valence-corrected chi connectivity index (χ2v) is 7.20. The molecule has 28 heavy (non-hydrogen) atoms. The molecule has 0 aromatic heterocycles. The van der Waals surface area contributed by atoms with E-state index in [0.717, 1.165) is 25.0 Å². The molecule has 0 bridgehead atoms. The van der Waals surface area contributed by atoms with E-state index in [0.29, 0.717) is 38.2 Å². The summed E-state index contributed by atoms with van der Waals surface area (Å²) in [6.45, 7) is 5.80. The molecule has 1 atom stereocenters. The third kappa shape index (κ3) is 6.22. The Morgan fingerprint density at radius 1 is 1.18 bits per heavy atom. The van der Waals surface area contributed by atoms with Gasteiger partial charge in [-0.2, -0.15) is 13.2 Å². The summed E-state index contributed by atoms with van der Waals surface area (Å²) in [4.78, 5) is 26.6. The highest BCUT2D eigenvalue weighted by atomic mass is 19.4. The zero-order valence-electron chi connectivity index (χ0n) is 16.3. The molecule has 2 amide bonds. The van der Waals surface area contributed by atoms with Crippen molar-refractivity contribution in [3.05, 3.63) is 29.8 Å². The Balaban J connectivity index is 1.82. The summed E-state index contributed by atoms with van der Waals surface area (Å²) < 4.78 is 37.8. The summed E-state index contributed by atoms with van der Waals surface area (Å²) in [6.07, 6.45) is -1.02. The standard InChI is InChI=1S/C20H28F3N3O2/c1-3-4-11-24-19(28)15-9-12-26(13-10-15)14(2)18(27)25-17-7-5-16(6-8-17)20(21,22)23/h5-8,14-15H,3-4,9-13H2,1-2H3,(H,24,28)(H,25,27). The minimum absolute atomic E-state index is 0.0294. The lowest BCUT2D eigenvalue weighted by molar-refractivity contribution is -0.137. The number of hydrogen-bond acceptors (Lipinski definition) is 3. The van der Waals surface area contributed by atoms with Crippen molar-refractivity contribution in [2.24, 2.45) is 5.92 Å². The van der Waals surface area contributed by atoms with E-state index in [1.165, 1.54) is 12.1 Å². The van der Waals surface area contributed by atoms with E-state index in [-0.39, 0.29) is 17.7 Å². The monoisotopic (exact) mass is 399 g/mol. The topological polar surface area (TPSA) is 61.4 Å². The van der Waals surface area contributed by atoms with Gasteiger partial charge in [-0.1, -0.05) is 13.3 Å². The van der Waals surface area contributed by atoms with Gasteiger partial charge in [-0.3, -0.25) is 14.5 Å². The molecule has 1 aromatic carbocycles. The number of nitrogens with zero attached hydrogens (tertiary/aromatic N) is 1. The molecule has 1 saturated heterocycles. The summed E-state index contributed by atoms with van der Waals surface area (Å²) >= 11 is 0. The van der Waals surface area contributed by atoms with Gasteiger partial charge in [0.15, 0.2) is 0 Å². The lowest BCUT2D eigenvalue weighted by atomic mass is 9.95. The van der Waals surface area contributed by atoms with Crippen LogP contribution < -0.4 is 10.6 Å². The number of piperidine rings is 1. The van der Waals surface area contributed by atoms with E-state index >= 15 is 0 Å². The van der Waals surface area contributed by atoms with Crippen molar-refractivity contribution < 1.29 is 22.8 Å². The van der Waals surface area contributed by atoms with Crippen molar-refractivity contribution in [1.29, 1.82) is 0 Å². The van der Waals surface area contributed by atoms with Crippen LogP contribution in [0.4, 0.5) is 18.9 Å². The number of halogens is 3. The lowest BCUT2D eigenvalue weighted by Crippen LogP contribution is -2.48. The molecule has 1 unspecified atom stereocenters. The van der Waals surface area contributed by atoms with Gasteiger partial charge < -0.3 is 10.6 Å².